The molecule has 0 spiro atoms. The van der Waals surface area contributed by atoms with Crippen LogP contribution in [0.3, 0.4) is 0 Å². The van der Waals surface area contributed by atoms with Gasteiger partial charge in [-0.3, -0.25) is 4.68 Å². The maximum atomic E-state index is 13.5. The Balaban J connectivity index is 1.44. The van der Waals surface area contributed by atoms with E-state index in [0.717, 1.165) is 0 Å². The summed E-state index contributed by atoms with van der Waals surface area (Å²) in [7, 11) is 1.71. The van der Waals surface area contributed by atoms with E-state index in [4.69, 9.17) is 16.0 Å². The number of urea groups is 1. The molecule has 1 saturated carbocycles. The second kappa shape index (κ2) is 7.44. The van der Waals surface area contributed by atoms with Gasteiger partial charge < -0.3 is 14.6 Å². The lowest BCUT2D eigenvalue weighted by molar-refractivity contribution is -0.229. The molecule has 2 aliphatic rings. The molecule has 174 valence electrons. The van der Waals surface area contributed by atoms with Gasteiger partial charge in [0.05, 0.1) is 10.9 Å². The fraction of sp³-hybridized carbons (Fsp3) is 0.450. The van der Waals surface area contributed by atoms with Gasteiger partial charge in [-0.25, -0.2) is 9.78 Å². The Morgan fingerprint density at radius 3 is 2.73 bits per heavy atom. The number of nitrogens with zero attached hydrogens (tertiary/aromatic N) is 6. The van der Waals surface area contributed by atoms with Gasteiger partial charge >= 0.3 is 12.2 Å². The van der Waals surface area contributed by atoms with E-state index in [0.29, 0.717) is 28.5 Å². The van der Waals surface area contributed by atoms with E-state index >= 15 is 0 Å². The number of likely N-dealkylation sites (tertiary alicyclic amines) is 1. The lowest BCUT2D eigenvalue weighted by Gasteiger charge is -2.61. The summed E-state index contributed by atoms with van der Waals surface area (Å²) >= 11 is 6.27. The van der Waals surface area contributed by atoms with Crippen LogP contribution in [0.2, 0.25) is 5.02 Å². The fourth-order valence-electron chi connectivity index (χ4n) is 4.80. The number of amides is 2. The van der Waals surface area contributed by atoms with E-state index in [1.165, 1.54) is 15.9 Å². The number of hydrogen-bond donors (Lipinski definition) is 1. The average molecular weight is 482 g/mol. The van der Waals surface area contributed by atoms with Gasteiger partial charge in [-0.05, 0) is 31.0 Å². The smallest absolute Gasteiger partial charge is 0.392 e. The standard InChI is InChI=1S/C20H19ClF3N7O2/c1-10-27-28-17(33-10)19-7-11(20(22,23)24)5-13(8-19)31(19)18(32)26-12-3-4-15(21)14(6-12)16-25-9-30(2)29-16/h3-4,6,9,11,13H,5,7-8H2,1-2H3,(H,26,32)/t11-,13+,19-/m0/s1. The van der Waals surface area contributed by atoms with Crippen molar-refractivity contribution in [3.8, 4) is 11.4 Å². The van der Waals surface area contributed by atoms with Crippen LogP contribution in [0, 0.1) is 12.8 Å². The molecule has 2 fully saturated rings. The van der Waals surface area contributed by atoms with Crippen LogP contribution in [-0.2, 0) is 12.6 Å². The highest BCUT2D eigenvalue weighted by atomic mass is 35.5. The van der Waals surface area contributed by atoms with Crippen molar-refractivity contribution in [1.29, 1.82) is 0 Å². The molecular weight excluding hydrogens is 463 g/mol. The molecule has 1 N–H and O–H groups in total. The first-order valence-electron chi connectivity index (χ1n) is 10.2. The average Bonchev–Trinajstić information content (AvgIpc) is 3.37. The molecule has 2 amide bonds. The topological polar surface area (TPSA) is 102 Å². The van der Waals surface area contributed by atoms with Crippen LogP contribution < -0.4 is 5.32 Å². The number of aryl methyl sites for hydroxylation is 2. The molecule has 5 rings (SSSR count). The molecule has 3 aromatic rings. The van der Waals surface area contributed by atoms with Gasteiger partial charge in [0.1, 0.15) is 11.9 Å². The third-order valence-corrected chi connectivity index (χ3v) is 6.53. The Hall–Kier alpha value is -3.15. The number of benzene rings is 1. The number of carbonyl (C=O) groups excluding carboxylic acids is 1. The van der Waals surface area contributed by atoms with Crippen LogP contribution in [0.1, 0.15) is 31.0 Å². The number of carbonyl (C=O) groups is 1. The number of fused-ring (bicyclic) bond motifs is 2. The first kappa shape index (κ1) is 21.7. The minimum atomic E-state index is -4.37. The number of aromatic nitrogens is 5. The maximum absolute atomic E-state index is 13.5. The number of rotatable bonds is 3. The summed E-state index contributed by atoms with van der Waals surface area (Å²) in [5.41, 5.74) is -0.383. The predicted octanol–water partition coefficient (Wildman–Crippen LogP) is 4.30. The summed E-state index contributed by atoms with van der Waals surface area (Å²) in [6.45, 7) is 1.55. The van der Waals surface area contributed by atoms with E-state index in [2.05, 4.69) is 25.6 Å². The monoisotopic (exact) mass is 481 g/mol. The Labute approximate surface area is 190 Å². The van der Waals surface area contributed by atoms with Crippen molar-refractivity contribution < 1.29 is 22.4 Å². The van der Waals surface area contributed by atoms with Crippen molar-refractivity contribution >= 4 is 23.3 Å². The van der Waals surface area contributed by atoms with E-state index < -0.39 is 29.7 Å². The lowest BCUT2D eigenvalue weighted by Crippen LogP contribution is -2.71. The van der Waals surface area contributed by atoms with Crippen LogP contribution >= 0.6 is 11.6 Å². The van der Waals surface area contributed by atoms with Gasteiger partial charge in [-0.15, -0.1) is 10.2 Å². The van der Waals surface area contributed by atoms with E-state index in [9.17, 15) is 18.0 Å². The molecule has 3 heterocycles. The highest BCUT2D eigenvalue weighted by Crippen LogP contribution is 2.58. The minimum Gasteiger partial charge on any atom is -0.423 e. The van der Waals surface area contributed by atoms with Crippen molar-refractivity contribution in [1.82, 2.24) is 29.9 Å². The summed E-state index contributed by atoms with van der Waals surface area (Å²) in [6.07, 6.45) is -3.02. The largest absolute Gasteiger partial charge is 0.423 e. The highest BCUT2D eigenvalue weighted by Gasteiger charge is 2.66. The normalized spacial score (nSPS) is 24.5. The van der Waals surface area contributed by atoms with Crippen LogP contribution in [0.5, 0.6) is 0 Å². The molecule has 1 saturated heterocycles. The second-order valence-corrected chi connectivity index (χ2v) is 8.84. The third kappa shape index (κ3) is 3.62. The molecule has 9 nitrogen and oxygen atoms in total. The molecule has 1 aliphatic carbocycles. The quantitative estimate of drug-likeness (QED) is 0.598. The summed E-state index contributed by atoms with van der Waals surface area (Å²) in [5, 5.41) is 15.1. The SMILES string of the molecule is Cc1nnc([C@@]23C[C@@H](C[C@H](C(F)(F)F)C2)N3C(=O)Nc2ccc(Cl)c(-c3ncn(C)n3)c2)o1. The van der Waals surface area contributed by atoms with Crippen molar-refractivity contribution in [2.45, 2.75) is 43.9 Å². The number of anilines is 1. The first-order chi connectivity index (χ1) is 15.6. The number of halogens is 4. The zero-order valence-electron chi connectivity index (χ0n) is 17.6. The fourth-order valence-corrected chi connectivity index (χ4v) is 5.00. The van der Waals surface area contributed by atoms with Crippen LogP contribution in [0.4, 0.5) is 23.7 Å². The lowest BCUT2D eigenvalue weighted by atomic mass is 9.63. The third-order valence-electron chi connectivity index (χ3n) is 6.20. The molecule has 33 heavy (non-hydrogen) atoms. The minimum absolute atomic E-state index is 0.0230. The zero-order valence-corrected chi connectivity index (χ0v) is 18.4. The Morgan fingerprint density at radius 1 is 1.30 bits per heavy atom. The van der Waals surface area contributed by atoms with E-state index in [1.54, 1.807) is 32.2 Å². The van der Waals surface area contributed by atoms with Gasteiger partial charge in [-0.1, -0.05) is 11.6 Å². The number of nitrogens with one attached hydrogen (secondary N) is 1. The number of alkyl halides is 3. The van der Waals surface area contributed by atoms with Gasteiger partial charge in [0.15, 0.2) is 5.82 Å². The zero-order chi connectivity index (χ0) is 23.5. The summed E-state index contributed by atoms with van der Waals surface area (Å²) in [5.74, 6) is -0.924. The van der Waals surface area contributed by atoms with Crippen molar-refractivity contribution in [2.24, 2.45) is 13.0 Å². The Bertz CT molecular complexity index is 1230. The Kier molecular flexibility index (Phi) is 4.89. The summed E-state index contributed by atoms with van der Waals surface area (Å²) in [6, 6.07) is 3.67. The molecule has 1 aromatic carbocycles. The number of hydrogen-bond acceptors (Lipinski definition) is 6. The molecule has 2 bridgehead atoms. The molecule has 0 unspecified atom stereocenters. The van der Waals surface area contributed by atoms with Gasteiger partial charge in [-0.2, -0.15) is 18.3 Å². The van der Waals surface area contributed by atoms with Gasteiger partial charge in [0.2, 0.25) is 11.8 Å². The molecule has 1 aliphatic heterocycles. The summed E-state index contributed by atoms with van der Waals surface area (Å²) in [4.78, 5) is 18.8. The maximum Gasteiger partial charge on any atom is 0.392 e. The molecule has 2 aromatic heterocycles. The van der Waals surface area contributed by atoms with E-state index in [-0.39, 0.29) is 24.6 Å². The highest BCUT2D eigenvalue weighted by molar-refractivity contribution is 6.33. The van der Waals surface area contributed by atoms with Crippen molar-refractivity contribution in [3.05, 3.63) is 41.3 Å². The van der Waals surface area contributed by atoms with Crippen molar-refractivity contribution in [3.63, 3.8) is 0 Å². The predicted molar refractivity (Wildman–Crippen MR) is 110 cm³/mol. The second-order valence-electron chi connectivity index (χ2n) is 8.43. The summed E-state index contributed by atoms with van der Waals surface area (Å²) < 4.78 is 47.6. The Morgan fingerprint density at radius 2 is 2.09 bits per heavy atom. The van der Waals surface area contributed by atoms with Gasteiger partial charge in [0.25, 0.3) is 0 Å². The van der Waals surface area contributed by atoms with Gasteiger partial charge in [0, 0.05) is 37.7 Å². The van der Waals surface area contributed by atoms with Crippen LogP contribution in [0.25, 0.3) is 11.4 Å². The molecule has 3 atom stereocenters. The number of piperidine rings is 1. The van der Waals surface area contributed by atoms with Crippen molar-refractivity contribution in [2.75, 3.05) is 5.32 Å². The first-order valence-corrected chi connectivity index (χ1v) is 10.6. The molecular formula is C20H19ClF3N7O2. The molecule has 13 heteroatoms. The van der Waals surface area contributed by atoms with Crippen LogP contribution in [-0.4, -0.2) is 48.1 Å². The van der Waals surface area contributed by atoms with Crippen LogP contribution in [0.15, 0.2) is 28.9 Å². The molecule has 0 radical (unpaired) electrons. The van der Waals surface area contributed by atoms with E-state index in [1.807, 2.05) is 0 Å².